The molecule has 0 aliphatic carbocycles. The first kappa shape index (κ1) is 21.3. The van der Waals surface area contributed by atoms with Gasteiger partial charge in [-0.15, -0.1) is 0 Å². The van der Waals surface area contributed by atoms with Crippen molar-refractivity contribution in [3.05, 3.63) is 102 Å². The average Bonchev–Trinajstić information content (AvgIpc) is 2.78. The maximum atomic E-state index is 12.3. The molecular weight excluding hydrogens is 394 g/mol. The van der Waals surface area contributed by atoms with Crippen LogP contribution in [0.4, 0.5) is 0 Å². The highest BCUT2D eigenvalue weighted by Crippen LogP contribution is 2.21. The van der Waals surface area contributed by atoms with Gasteiger partial charge in [0, 0.05) is 20.0 Å². The first-order valence-corrected chi connectivity index (χ1v) is 10.1. The van der Waals surface area contributed by atoms with Crippen molar-refractivity contribution >= 4 is 23.2 Å². The molecule has 3 rings (SSSR count). The summed E-state index contributed by atoms with van der Waals surface area (Å²) in [6, 6.07) is 27.8. The third-order valence-corrected chi connectivity index (χ3v) is 4.87. The molecule has 6 heteroatoms. The van der Waals surface area contributed by atoms with Crippen molar-refractivity contribution in [1.82, 2.24) is 15.8 Å². The number of thiocarbonyl (C=S) groups is 1. The normalized spacial score (nSPS) is 10.2. The number of hydrogen-bond acceptors (Lipinski definition) is 3. The highest BCUT2D eigenvalue weighted by atomic mass is 32.1. The lowest BCUT2D eigenvalue weighted by atomic mass is 10.0. The van der Waals surface area contributed by atoms with E-state index < -0.39 is 0 Å². The summed E-state index contributed by atoms with van der Waals surface area (Å²) >= 11 is 5.32. The van der Waals surface area contributed by atoms with E-state index in [0.717, 1.165) is 17.5 Å². The van der Waals surface area contributed by atoms with Gasteiger partial charge in [-0.3, -0.25) is 15.2 Å². The van der Waals surface area contributed by atoms with E-state index in [-0.39, 0.29) is 12.5 Å². The fraction of sp³-hybridized carbons (Fsp3) is 0.167. The number of para-hydroxylation sites is 1. The Morgan fingerprint density at radius 1 is 0.900 bits per heavy atom. The first-order valence-electron chi connectivity index (χ1n) is 9.71. The van der Waals surface area contributed by atoms with Crippen LogP contribution in [0, 0.1) is 0 Å². The zero-order valence-corrected chi connectivity index (χ0v) is 17.7. The Bertz CT molecular complexity index is 964. The van der Waals surface area contributed by atoms with Crippen molar-refractivity contribution in [2.45, 2.75) is 13.0 Å². The molecule has 0 aliphatic rings. The minimum atomic E-state index is -0.282. The van der Waals surface area contributed by atoms with Gasteiger partial charge < -0.3 is 10.1 Å². The van der Waals surface area contributed by atoms with Crippen LogP contribution in [0.5, 0.6) is 5.75 Å². The second-order valence-electron chi connectivity index (χ2n) is 6.80. The number of benzene rings is 3. The van der Waals surface area contributed by atoms with Gasteiger partial charge in [0.2, 0.25) is 0 Å². The Labute approximate surface area is 182 Å². The predicted octanol–water partition coefficient (Wildman–Crippen LogP) is 3.69. The molecule has 0 aliphatic heterocycles. The third-order valence-electron chi connectivity index (χ3n) is 4.45. The fourth-order valence-electron chi connectivity index (χ4n) is 2.91. The number of rotatable bonds is 7. The van der Waals surface area contributed by atoms with Gasteiger partial charge in [0.15, 0.2) is 11.7 Å². The standard InChI is InChI=1S/C24H25N3O2S/c1-27(24(30)25-17-20-12-6-3-7-13-20)26-23(28)18-29-22-15-9-8-14-21(22)16-19-10-4-2-5-11-19/h2-15H,16-18H2,1H3,(H,25,30)(H,26,28). The minimum Gasteiger partial charge on any atom is -0.483 e. The van der Waals surface area contributed by atoms with Gasteiger partial charge in [0.25, 0.3) is 5.91 Å². The van der Waals surface area contributed by atoms with Crippen LogP contribution in [0.1, 0.15) is 16.7 Å². The van der Waals surface area contributed by atoms with E-state index in [4.69, 9.17) is 17.0 Å². The van der Waals surface area contributed by atoms with Crippen molar-refractivity contribution in [3.63, 3.8) is 0 Å². The van der Waals surface area contributed by atoms with E-state index in [0.29, 0.717) is 17.4 Å². The van der Waals surface area contributed by atoms with E-state index in [1.807, 2.05) is 72.8 Å². The number of ether oxygens (including phenoxy) is 1. The van der Waals surface area contributed by atoms with Crippen molar-refractivity contribution in [2.75, 3.05) is 13.7 Å². The SMILES string of the molecule is CN(NC(=O)COc1ccccc1Cc1ccccc1)C(=S)NCc1ccccc1. The van der Waals surface area contributed by atoms with E-state index in [2.05, 4.69) is 22.9 Å². The second-order valence-corrected chi connectivity index (χ2v) is 7.18. The molecular formula is C24H25N3O2S. The van der Waals surface area contributed by atoms with Crippen molar-refractivity contribution < 1.29 is 9.53 Å². The van der Waals surface area contributed by atoms with Gasteiger partial charge in [-0.2, -0.15) is 0 Å². The van der Waals surface area contributed by atoms with Gasteiger partial charge in [-0.1, -0.05) is 78.9 Å². The second kappa shape index (κ2) is 11.0. The van der Waals surface area contributed by atoms with Crippen LogP contribution >= 0.6 is 12.2 Å². The Kier molecular flexibility index (Phi) is 7.80. The molecule has 3 aromatic carbocycles. The number of amides is 1. The number of nitrogens with one attached hydrogen (secondary N) is 2. The Morgan fingerprint density at radius 2 is 1.50 bits per heavy atom. The summed E-state index contributed by atoms with van der Waals surface area (Å²) in [5, 5.41) is 5.03. The van der Waals surface area contributed by atoms with E-state index in [9.17, 15) is 4.79 Å². The van der Waals surface area contributed by atoms with Crippen molar-refractivity contribution in [2.24, 2.45) is 0 Å². The topological polar surface area (TPSA) is 53.6 Å². The molecule has 154 valence electrons. The molecule has 0 radical (unpaired) electrons. The summed E-state index contributed by atoms with van der Waals surface area (Å²) in [6.07, 6.45) is 0.742. The van der Waals surface area contributed by atoms with Gasteiger partial charge in [-0.05, 0) is 35.0 Å². The predicted molar refractivity (Wildman–Crippen MR) is 123 cm³/mol. The molecule has 2 N–H and O–H groups in total. The lowest BCUT2D eigenvalue weighted by molar-refractivity contribution is -0.126. The zero-order chi connectivity index (χ0) is 21.2. The van der Waals surface area contributed by atoms with Gasteiger partial charge in [0.1, 0.15) is 5.75 Å². The Hall–Kier alpha value is -3.38. The molecule has 0 fully saturated rings. The lowest BCUT2D eigenvalue weighted by Gasteiger charge is -2.22. The molecule has 30 heavy (non-hydrogen) atoms. The monoisotopic (exact) mass is 419 g/mol. The molecule has 0 aromatic heterocycles. The van der Waals surface area contributed by atoms with Crippen molar-refractivity contribution in [1.29, 1.82) is 0 Å². The third kappa shape index (κ3) is 6.60. The maximum Gasteiger partial charge on any atom is 0.276 e. The number of nitrogens with zero attached hydrogens (tertiary/aromatic N) is 1. The Morgan fingerprint density at radius 3 is 2.20 bits per heavy atom. The summed E-state index contributed by atoms with van der Waals surface area (Å²) in [6.45, 7) is 0.487. The maximum absolute atomic E-state index is 12.3. The number of carbonyl (C=O) groups is 1. The first-order chi connectivity index (χ1) is 14.6. The lowest BCUT2D eigenvalue weighted by Crippen LogP contribution is -2.49. The summed E-state index contributed by atoms with van der Waals surface area (Å²) in [4.78, 5) is 12.3. The summed E-state index contributed by atoms with van der Waals surface area (Å²) in [7, 11) is 1.70. The minimum absolute atomic E-state index is 0.0998. The fourth-order valence-corrected chi connectivity index (χ4v) is 3.03. The number of carbonyl (C=O) groups excluding carboxylic acids is 1. The molecule has 5 nitrogen and oxygen atoms in total. The summed E-state index contributed by atoms with van der Waals surface area (Å²) in [5.41, 5.74) is 6.05. The van der Waals surface area contributed by atoms with Gasteiger partial charge >= 0.3 is 0 Å². The number of hydrogen-bond donors (Lipinski definition) is 2. The molecule has 0 unspecified atom stereocenters. The van der Waals surface area contributed by atoms with Gasteiger partial charge in [-0.25, -0.2) is 0 Å². The number of hydrazine groups is 1. The largest absolute Gasteiger partial charge is 0.483 e. The Balaban J connectivity index is 1.48. The van der Waals surface area contributed by atoms with Crippen LogP contribution in [-0.2, 0) is 17.8 Å². The average molecular weight is 420 g/mol. The molecule has 1 amide bonds. The summed E-state index contributed by atoms with van der Waals surface area (Å²) < 4.78 is 5.78. The molecule has 0 bridgehead atoms. The molecule has 0 heterocycles. The van der Waals surface area contributed by atoms with Crippen LogP contribution in [0.3, 0.4) is 0 Å². The van der Waals surface area contributed by atoms with Crippen LogP contribution < -0.4 is 15.5 Å². The van der Waals surface area contributed by atoms with Crippen LogP contribution in [0.2, 0.25) is 0 Å². The highest BCUT2D eigenvalue weighted by Gasteiger charge is 2.11. The smallest absolute Gasteiger partial charge is 0.276 e. The van der Waals surface area contributed by atoms with E-state index >= 15 is 0 Å². The molecule has 3 aromatic rings. The van der Waals surface area contributed by atoms with E-state index in [1.165, 1.54) is 10.6 Å². The van der Waals surface area contributed by atoms with Gasteiger partial charge in [0.05, 0.1) is 0 Å². The molecule has 0 saturated carbocycles. The zero-order valence-electron chi connectivity index (χ0n) is 16.9. The van der Waals surface area contributed by atoms with Crippen LogP contribution in [0.25, 0.3) is 0 Å². The molecule has 0 spiro atoms. The molecule has 0 atom stereocenters. The van der Waals surface area contributed by atoms with Crippen LogP contribution in [0.15, 0.2) is 84.9 Å². The highest BCUT2D eigenvalue weighted by molar-refractivity contribution is 7.80. The summed E-state index contributed by atoms with van der Waals surface area (Å²) in [5.74, 6) is 0.416. The van der Waals surface area contributed by atoms with Crippen LogP contribution in [-0.4, -0.2) is 29.7 Å². The van der Waals surface area contributed by atoms with E-state index in [1.54, 1.807) is 7.05 Å². The van der Waals surface area contributed by atoms with Crippen molar-refractivity contribution in [3.8, 4) is 5.75 Å². The molecule has 0 saturated heterocycles. The quantitative estimate of drug-likeness (QED) is 0.452.